The Hall–Kier alpha value is -3.50. The lowest BCUT2D eigenvalue weighted by molar-refractivity contribution is -0.111. The van der Waals surface area contributed by atoms with Crippen LogP contribution in [0.5, 0.6) is 0 Å². The summed E-state index contributed by atoms with van der Waals surface area (Å²) in [4.78, 5) is 18.6. The molecular weight excluding hydrogens is 346 g/mol. The number of anilines is 1. The van der Waals surface area contributed by atoms with Gasteiger partial charge in [-0.25, -0.2) is 0 Å². The number of rotatable bonds is 5. The van der Waals surface area contributed by atoms with Gasteiger partial charge < -0.3 is 4.90 Å². The van der Waals surface area contributed by atoms with Gasteiger partial charge in [-0.2, -0.15) is 0 Å². The third kappa shape index (κ3) is 3.38. The summed E-state index contributed by atoms with van der Waals surface area (Å²) >= 11 is 0. The van der Waals surface area contributed by atoms with Crippen LogP contribution >= 0.6 is 0 Å². The minimum Gasteiger partial charge on any atom is -0.319 e. The molecule has 1 atom stereocenters. The second-order valence-corrected chi connectivity index (χ2v) is 6.78. The number of hydrogen-bond donors (Lipinski definition) is 1. The lowest BCUT2D eigenvalue weighted by atomic mass is 9.87. The molecule has 0 spiro atoms. The number of aldehydes is 1. The maximum absolute atomic E-state index is 12.3. The van der Waals surface area contributed by atoms with Gasteiger partial charge in [0.15, 0.2) is 11.9 Å². The summed E-state index contributed by atoms with van der Waals surface area (Å²) in [5.41, 5.74) is 9.94. The van der Waals surface area contributed by atoms with Crippen molar-refractivity contribution in [1.29, 1.82) is 0 Å². The van der Waals surface area contributed by atoms with Gasteiger partial charge >= 0.3 is 0 Å². The van der Waals surface area contributed by atoms with E-state index >= 15 is 0 Å². The molecule has 1 aromatic heterocycles. The van der Waals surface area contributed by atoms with Crippen LogP contribution in [-0.4, -0.2) is 16.9 Å². The quantitative estimate of drug-likeness (QED) is 0.694. The number of pyridine rings is 1. The van der Waals surface area contributed by atoms with Crippen LogP contribution in [0.15, 0.2) is 103 Å². The van der Waals surface area contributed by atoms with Crippen molar-refractivity contribution in [3.05, 3.63) is 114 Å². The van der Waals surface area contributed by atoms with Crippen molar-refractivity contribution in [2.75, 3.05) is 4.90 Å². The van der Waals surface area contributed by atoms with Crippen LogP contribution in [0.4, 0.5) is 5.69 Å². The van der Waals surface area contributed by atoms with E-state index in [4.69, 9.17) is 5.73 Å². The number of carbonyl (C=O) groups is 1. The van der Waals surface area contributed by atoms with Crippen LogP contribution in [0.3, 0.4) is 0 Å². The van der Waals surface area contributed by atoms with Crippen LogP contribution in [-0.2, 0) is 11.2 Å². The first-order valence-electron chi connectivity index (χ1n) is 9.18. The Labute approximate surface area is 164 Å². The normalized spacial score (nSPS) is 19.0. The molecule has 28 heavy (non-hydrogen) atoms. The molecule has 4 nitrogen and oxygen atoms in total. The van der Waals surface area contributed by atoms with Crippen LogP contribution in [0, 0.1) is 0 Å². The first kappa shape index (κ1) is 17.9. The zero-order valence-electron chi connectivity index (χ0n) is 15.4. The van der Waals surface area contributed by atoms with Gasteiger partial charge in [0.25, 0.3) is 0 Å². The summed E-state index contributed by atoms with van der Waals surface area (Å²) in [6.07, 6.45) is 7.05. The summed E-state index contributed by atoms with van der Waals surface area (Å²) in [6, 6.07) is 25.5. The van der Waals surface area contributed by atoms with E-state index in [-0.39, 0.29) is 0 Å². The smallest absolute Gasteiger partial charge is 0.172 e. The SMILES string of the molecule is NC1(C=O)C(Cc2ccccc2)=CC(c2ccccn2)=CN1c1ccccc1. The summed E-state index contributed by atoms with van der Waals surface area (Å²) < 4.78 is 0. The average Bonchev–Trinajstić information content (AvgIpc) is 2.77. The van der Waals surface area contributed by atoms with Gasteiger partial charge in [0.2, 0.25) is 0 Å². The van der Waals surface area contributed by atoms with Crippen molar-refractivity contribution < 1.29 is 4.79 Å². The van der Waals surface area contributed by atoms with Crippen molar-refractivity contribution in [3.8, 4) is 0 Å². The monoisotopic (exact) mass is 367 g/mol. The molecule has 4 heteroatoms. The van der Waals surface area contributed by atoms with Crippen molar-refractivity contribution in [3.63, 3.8) is 0 Å². The highest BCUT2D eigenvalue weighted by Crippen LogP contribution is 2.35. The van der Waals surface area contributed by atoms with E-state index in [1.54, 1.807) is 6.20 Å². The number of benzene rings is 2. The van der Waals surface area contributed by atoms with Gasteiger partial charge in [0, 0.05) is 23.7 Å². The minimum absolute atomic E-state index is 0.573. The van der Waals surface area contributed by atoms with Crippen molar-refractivity contribution >= 4 is 17.5 Å². The maximum atomic E-state index is 12.3. The first-order chi connectivity index (χ1) is 13.7. The molecule has 2 aromatic carbocycles. The lowest BCUT2D eigenvalue weighted by Gasteiger charge is -2.41. The number of carbonyl (C=O) groups excluding carboxylic acids is 1. The molecule has 138 valence electrons. The highest BCUT2D eigenvalue weighted by Gasteiger charge is 2.38. The van der Waals surface area contributed by atoms with E-state index < -0.39 is 5.66 Å². The summed E-state index contributed by atoms with van der Waals surface area (Å²) in [7, 11) is 0. The van der Waals surface area contributed by atoms with E-state index in [2.05, 4.69) is 4.98 Å². The molecule has 0 bridgehead atoms. The predicted octanol–water partition coefficient (Wildman–Crippen LogP) is 3.97. The average molecular weight is 367 g/mol. The number of nitrogens with two attached hydrogens (primary N) is 1. The lowest BCUT2D eigenvalue weighted by Crippen LogP contribution is -2.58. The van der Waals surface area contributed by atoms with Crippen LogP contribution < -0.4 is 10.6 Å². The van der Waals surface area contributed by atoms with Gasteiger partial charge in [-0.1, -0.05) is 54.6 Å². The van der Waals surface area contributed by atoms with E-state index in [0.29, 0.717) is 6.42 Å². The van der Waals surface area contributed by atoms with Gasteiger partial charge in [0.1, 0.15) is 0 Å². The second-order valence-electron chi connectivity index (χ2n) is 6.78. The Balaban J connectivity index is 1.85. The molecule has 0 saturated heterocycles. The zero-order valence-corrected chi connectivity index (χ0v) is 15.4. The minimum atomic E-state index is -1.27. The highest BCUT2D eigenvalue weighted by molar-refractivity contribution is 5.87. The predicted molar refractivity (Wildman–Crippen MR) is 112 cm³/mol. The van der Waals surface area contributed by atoms with E-state index in [0.717, 1.165) is 34.4 Å². The Morgan fingerprint density at radius 3 is 2.25 bits per heavy atom. The molecule has 2 heterocycles. The molecule has 1 aliphatic rings. The van der Waals surface area contributed by atoms with Crippen LogP contribution in [0.2, 0.25) is 0 Å². The Kier molecular flexibility index (Phi) is 4.87. The summed E-state index contributed by atoms with van der Waals surface area (Å²) in [5, 5.41) is 0. The fourth-order valence-electron chi connectivity index (χ4n) is 3.43. The third-order valence-electron chi connectivity index (χ3n) is 4.92. The Morgan fingerprint density at radius 1 is 0.929 bits per heavy atom. The fraction of sp³-hybridized carbons (Fsp3) is 0.0833. The van der Waals surface area contributed by atoms with Crippen LogP contribution in [0.1, 0.15) is 11.3 Å². The van der Waals surface area contributed by atoms with E-state index in [1.807, 2.05) is 96.0 Å². The molecule has 2 N–H and O–H groups in total. The van der Waals surface area contributed by atoms with Gasteiger partial charge in [-0.05, 0) is 47.9 Å². The van der Waals surface area contributed by atoms with Crippen molar-refractivity contribution in [2.45, 2.75) is 12.1 Å². The van der Waals surface area contributed by atoms with Crippen molar-refractivity contribution in [1.82, 2.24) is 4.98 Å². The molecule has 3 aromatic rings. The Bertz CT molecular complexity index is 1010. The molecule has 0 radical (unpaired) electrons. The molecule has 0 amide bonds. The summed E-state index contributed by atoms with van der Waals surface area (Å²) in [6.45, 7) is 0. The molecule has 4 rings (SSSR count). The second kappa shape index (κ2) is 7.62. The molecule has 1 aliphatic heterocycles. The number of para-hydroxylation sites is 1. The topological polar surface area (TPSA) is 59.2 Å². The highest BCUT2D eigenvalue weighted by atomic mass is 16.1. The zero-order chi connectivity index (χ0) is 19.4. The van der Waals surface area contributed by atoms with E-state index in [1.165, 1.54) is 0 Å². The van der Waals surface area contributed by atoms with Gasteiger partial charge in [-0.3, -0.25) is 15.5 Å². The molecular formula is C24H21N3O. The molecule has 1 unspecified atom stereocenters. The first-order valence-corrected chi connectivity index (χ1v) is 9.18. The summed E-state index contributed by atoms with van der Waals surface area (Å²) in [5.74, 6) is 0. The number of hydrogen-bond acceptors (Lipinski definition) is 4. The fourth-order valence-corrected chi connectivity index (χ4v) is 3.43. The van der Waals surface area contributed by atoms with Crippen LogP contribution in [0.25, 0.3) is 5.57 Å². The largest absolute Gasteiger partial charge is 0.319 e. The number of aromatic nitrogens is 1. The van der Waals surface area contributed by atoms with Gasteiger partial charge in [0.05, 0.1) is 5.69 Å². The number of allylic oxidation sites excluding steroid dienone is 2. The third-order valence-corrected chi connectivity index (χ3v) is 4.92. The molecule has 0 fully saturated rings. The molecule has 0 saturated carbocycles. The van der Waals surface area contributed by atoms with Gasteiger partial charge in [-0.15, -0.1) is 0 Å². The molecule has 0 aliphatic carbocycles. The number of nitrogens with zero attached hydrogens (tertiary/aromatic N) is 2. The maximum Gasteiger partial charge on any atom is 0.172 e. The standard InChI is InChI=1S/C24H21N3O/c25-24(18-28)21(15-19-9-3-1-4-10-19)16-20(23-13-7-8-14-26-23)17-27(24)22-11-5-2-6-12-22/h1-14,16-18H,15,25H2. The van der Waals surface area contributed by atoms with E-state index in [9.17, 15) is 4.79 Å². The van der Waals surface area contributed by atoms with Crippen molar-refractivity contribution in [2.24, 2.45) is 5.73 Å². The Morgan fingerprint density at radius 2 is 1.61 bits per heavy atom.